The molecular formula is C16H19ClN4O. The molecule has 1 aromatic heterocycles. The Morgan fingerprint density at radius 2 is 2.27 bits per heavy atom. The Labute approximate surface area is 134 Å². The van der Waals surface area contributed by atoms with E-state index in [9.17, 15) is 4.79 Å². The van der Waals surface area contributed by atoms with Gasteiger partial charge in [0, 0.05) is 36.9 Å². The zero-order valence-electron chi connectivity index (χ0n) is 12.5. The van der Waals surface area contributed by atoms with Crippen LogP contribution in [0.3, 0.4) is 0 Å². The van der Waals surface area contributed by atoms with Crippen LogP contribution in [0.15, 0.2) is 36.7 Å². The van der Waals surface area contributed by atoms with Crippen molar-refractivity contribution in [3.8, 4) is 0 Å². The van der Waals surface area contributed by atoms with Crippen LogP contribution in [0.1, 0.15) is 22.8 Å². The standard InChI is InChI=1S/C16H19ClN4O/c1-12-8-18-6-7-21(12)16(22)14-9-19-20(11-14)10-13-4-2-3-5-15(13)17/h2-5,9,11-12,18H,6-8,10H2,1H3. The molecule has 0 aliphatic carbocycles. The topological polar surface area (TPSA) is 50.2 Å². The number of amides is 1. The van der Waals surface area contributed by atoms with Crippen LogP contribution in [0.2, 0.25) is 5.02 Å². The number of benzene rings is 1. The van der Waals surface area contributed by atoms with Gasteiger partial charge in [0.1, 0.15) is 0 Å². The van der Waals surface area contributed by atoms with E-state index >= 15 is 0 Å². The molecule has 0 bridgehead atoms. The molecular weight excluding hydrogens is 300 g/mol. The van der Waals surface area contributed by atoms with E-state index in [0.29, 0.717) is 17.1 Å². The van der Waals surface area contributed by atoms with E-state index in [1.807, 2.05) is 29.2 Å². The fraction of sp³-hybridized carbons (Fsp3) is 0.375. The lowest BCUT2D eigenvalue weighted by Crippen LogP contribution is -2.52. The van der Waals surface area contributed by atoms with Gasteiger partial charge in [-0.3, -0.25) is 9.48 Å². The van der Waals surface area contributed by atoms with Crippen molar-refractivity contribution in [3.05, 3.63) is 52.8 Å². The molecule has 1 aromatic carbocycles. The first-order chi connectivity index (χ1) is 10.6. The number of aromatic nitrogens is 2. The van der Waals surface area contributed by atoms with Gasteiger partial charge in [0.25, 0.3) is 5.91 Å². The van der Waals surface area contributed by atoms with Gasteiger partial charge in [-0.05, 0) is 18.6 Å². The lowest BCUT2D eigenvalue weighted by molar-refractivity contribution is 0.0655. The molecule has 22 heavy (non-hydrogen) atoms. The number of piperazine rings is 1. The summed E-state index contributed by atoms with van der Waals surface area (Å²) in [5.41, 5.74) is 1.61. The van der Waals surface area contributed by atoms with Crippen LogP contribution < -0.4 is 5.32 Å². The lowest BCUT2D eigenvalue weighted by atomic mass is 10.2. The summed E-state index contributed by atoms with van der Waals surface area (Å²) in [6.07, 6.45) is 3.42. The van der Waals surface area contributed by atoms with Gasteiger partial charge in [0.2, 0.25) is 0 Å². The Kier molecular flexibility index (Phi) is 4.45. The maximum Gasteiger partial charge on any atom is 0.257 e. The second kappa shape index (κ2) is 6.50. The van der Waals surface area contributed by atoms with Crippen LogP contribution in [-0.4, -0.2) is 46.3 Å². The number of rotatable bonds is 3. The highest BCUT2D eigenvalue weighted by molar-refractivity contribution is 6.31. The minimum absolute atomic E-state index is 0.0411. The normalized spacial score (nSPS) is 18.5. The van der Waals surface area contributed by atoms with E-state index < -0.39 is 0 Å². The number of carbonyl (C=O) groups is 1. The summed E-state index contributed by atoms with van der Waals surface area (Å²) in [7, 11) is 0. The third kappa shape index (κ3) is 3.15. The van der Waals surface area contributed by atoms with Crippen molar-refractivity contribution in [2.45, 2.75) is 19.5 Å². The zero-order valence-corrected chi connectivity index (χ0v) is 13.3. The predicted octanol–water partition coefficient (Wildman–Crippen LogP) is 2.02. The van der Waals surface area contributed by atoms with Gasteiger partial charge in [0.05, 0.1) is 18.3 Å². The molecule has 1 aliphatic heterocycles. The van der Waals surface area contributed by atoms with Crippen LogP contribution in [0.5, 0.6) is 0 Å². The monoisotopic (exact) mass is 318 g/mol. The molecule has 6 heteroatoms. The van der Waals surface area contributed by atoms with Crippen LogP contribution >= 0.6 is 11.6 Å². The first-order valence-corrected chi connectivity index (χ1v) is 7.80. The maximum absolute atomic E-state index is 12.6. The Morgan fingerprint density at radius 3 is 3.05 bits per heavy atom. The van der Waals surface area contributed by atoms with Gasteiger partial charge in [-0.1, -0.05) is 29.8 Å². The van der Waals surface area contributed by atoms with E-state index in [4.69, 9.17) is 11.6 Å². The summed E-state index contributed by atoms with van der Waals surface area (Å²) in [6.45, 7) is 5.02. The molecule has 2 heterocycles. The second-order valence-corrected chi connectivity index (χ2v) is 5.98. The van der Waals surface area contributed by atoms with Crippen LogP contribution in [0.25, 0.3) is 0 Å². The Bertz CT molecular complexity index is 670. The zero-order chi connectivity index (χ0) is 15.5. The summed E-state index contributed by atoms with van der Waals surface area (Å²) < 4.78 is 1.75. The van der Waals surface area contributed by atoms with Crippen LogP contribution in [0, 0.1) is 0 Å². The summed E-state index contributed by atoms with van der Waals surface area (Å²) in [5, 5.41) is 8.28. The van der Waals surface area contributed by atoms with Crippen molar-refractivity contribution in [1.82, 2.24) is 20.0 Å². The number of nitrogens with zero attached hydrogens (tertiary/aromatic N) is 3. The average molecular weight is 319 g/mol. The molecule has 1 fully saturated rings. The average Bonchev–Trinajstić information content (AvgIpc) is 2.98. The van der Waals surface area contributed by atoms with Crippen molar-refractivity contribution in [2.75, 3.05) is 19.6 Å². The van der Waals surface area contributed by atoms with Gasteiger partial charge >= 0.3 is 0 Å². The van der Waals surface area contributed by atoms with E-state index in [-0.39, 0.29) is 11.9 Å². The Morgan fingerprint density at radius 1 is 1.45 bits per heavy atom. The molecule has 0 saturated carbocycles. The first kappa shape index (κ1) is 15.1. The summed E-state index contributed by atoms with van der Waals surface area (Å²) in [5.74, 6) is 0.0411. The molecule has 1 saturated heterocycles. The van der Waals surface area contributed by atoms with Crippen molar-refractivity contribution in [1.29, 1.82) is 0 Å². The predicted molar refractivity (Wildman–Crippen MR) is 86.1 cm³/mol. The second-order valence-electron chi connectivity index (χ2n) is 5.57. The Hall–Kier alpha value is -1.85. The lowest BCUT2D eigenvalue weighted by Gasteiger charge is -2.33. The van der Waals surface area contributed by atoms with Crippen molar-refractivity contribution < 1.29 is 4.79 Å². The molecule has 0 spiro atoms. The van der Waals surface area contributed by atoms with Crippen LogP contribution in [0.4, 0.5) is 0 Å². The van der Waals surface area contributed by atoms with Gasteiger partial charge in [-0.2, -0.15) is 5.10 Å². The van der Waals surface area contributed by atoms with E-state index in [0.717, 1.165) is 25.2 Å². The maximum atomic E-state index is 12.6. The van der Waals surface area contributed by atoms with Gasteiger partial charge in [-0.25, -0.2) is 0 Å². The minimum atomic E-state index is 0.0411. The molecule has 1 aliphatic rings. The molecule has 2 aromatic rings. The third-order valence-electron chi connectivity index (χ3n) is 3.93. The quantitative estimate of drug-likeness (QED) is 0.942. The molecule has 1 amide bonds. The minimum Gasteiger partial charge on any atom is -0.333 e. The Balaban J connectivity index is 1.73. The van der Waals surface area contributed by atoms with E-state index in [2.05, 4.69) is 17.3 Å². The fourth-order valence-corrected chi connectivity index (χ4v) is 2.87. The van der Waals surface area contributed by atoms with E-state index in [1.54, 1.807) is 17.1 Å². The summed E-state index contributed by atoms with van der Waals surface area (Å²) in [6, 6.07) is 7.86. The highest BCUT2D eigenvalue weighted by Gasteiger charge is 2.24. The van der Waals surface area contributed by atoms with Gasteiger partial charge in [-0.15, -0.1) is 0 Å². The molecule has 3 rings (SSSR count). The highest BCUT2D eigenvalue weighted by atomic mass is 35.5. The van der Waals surface area contributed by atoms with Crippen molar-refractivity contribution in [2.24, 2.45) is 0 Å². The molecule has 1 atom stereocenters. The molecule has 5 nitrogen and oxygen atoms in total. The van der Waals surface area contributed by atoms with Gasteiger partial charge in [0.15, 0.2) is 0 Å². The third-order valence-corrected chi connectivity index (χ3v) is 4.30. The molecule has 1 N–H and O–H groups in total. The number of hydrogen-bond donors (Lipinski definition) is 1. The molecule has 116 valence electrons. The number of hydrogen-bond acceptors (Lipinski definition) is 3. The number of nitrogens with one attached hydrogen (secondary N) is 1. The highest BCUT2D eigenvalue weighted by Crippen LogP contribution is 2.16. The smallest absolute Gasteiger partial charge is 0.257 e. The first-order valence-electron chi connectivity index (χ1n) is 7.42. The van der Waals surface area contributed by atoms with E-state index in [1.165, 1.54) is 0 Å². The van der Waals surface area contributed by atoms with Crippen LogP contribution in [-0.2, 0) is 6.54 Å². The summed E-state index contributed by atoms with van der Waals surface area (Å²) >= 11 is 6.16. The summed E-state index contributed by atoms with van der Waals surface area (Å²) in [4.78, 5) is 14.5. The SMILES string of the molecule is CC1CNCCN1C(=O)c1cnn(Cc2ccccc2Cl)c1. The fourth-order valence-electron chi connectivity index (χ4n) is 2.67. The largest absolute Gasteiger partial charge is 0.333 e. The van der Waals surface area contributed by atoms with Crippen molar-refractivity contribution >= 4 is 17.5 Å². The number of carbonyl (C=O) groups excluding carboxylic acids is 1. The van der Waals surface area contributed by atoms with Gasteiger partial charge < -0.3 is 10.2 Å². The van der Waals surface area contributed by atoms with Crippen molar-refractivity contribution in [3.63, 3.8) is 0 Å². The molecule has 1 unspecified atom stereocenters. The number of halogens is 1. The molecule has 0 radical (unpaired) electrons.